The minimum absolute atomic E-state index is 0.0757. The van der Waals surface area contributed by atoms with Gasteiger partial charge >= 0.3 is 12.1 Å². The second kappa shape index (κ2) is 8.05. The number of carbonyl (C=O) groups excluding carboxylic acids is 1. The number of fused-ring (bicyclic) bond motifs is 3. The maximum absolute atomic E-state index is 12.8. The number of carbonyl (C=O) groups is 2. The summed E-state index contributed by atoms with van der Waals surface area (Å²) in [6, 6.07) is 15.0. The number of benzene rings is 2. The molecule has 1 amide bonds. The molecule has 1 N–H and O–H groups in total. The van der Waals surface area contributed by atoms with Crippen LogP contribution in [-0.4, -0.2) is 40.2 Å². The third-order valence-corrected chi connectivity index (χ3v) is 5.97. The molecular weight excluding hydrogens is 388 g/mol. The Morgan fingerprint density at radius 1 is 1.14 bits per heavy atom. The lowest BCUT2D eigenvalue weighted by molar-refractivity contribution is -0.143. The molecule has 0 aliphatic heterocycles. The molecule has 0 saturated heterocycles. The molecule has 3 aromatic rings. The molecule has 1 aliphatic carbocycles. The number of amides is 1. The van der Waals surface area contributed by atoms with Crippen LogP contribution < -0.4 is 0 Å². The van der Waals surface area contributed by atoms with Crippen molar-refractivity contribution in [3.8, 4) is 11.1 Å². The number of nitrogens with zero attached hydrogens (tertiary/aromatic N) is 2. The van der Waals surface area contributed by atoms with Gasteiger partial charge in [0.2, 0.25) is 0 Å². The Balaban J connectivity index is 1.55. The van der Waals surface area contributed by atoms with Crippen LogP contribution in [0.1, 0.15) is 35.0 Å². The number of carboxylic acids is 1. The maximum atomic E-state index is 12.8. The van der Waals surface area contributed by atoms with Crippen molar-refractivity contribution in [2.24, 2.45) is 0 Å². The zero-order valence-corrected chi connectivity index (χ0v) is 16.6. The second-order valence-electron chi connectivity index (χ2n) is 6.70. The van der Waals surface area contributed by atoms with Gasteiger partial charge in [-0.1, -0.05) is 48.5 Å². The van der Waals surface area contributed by atoms with Crippen LogP contribution >= 0.6 is 11.3 Å². The van der Waals surface area contributed by atoms with Gasteiger partial charge in [-0.25, -0.2) is 14.6 Å². The van der Waals surface area contributed by atoms with E-state index in [1.165, 1.54) is 22.4 Å². The first-order valence-corrected chi connectivity index (χ1v) is 10.2. The first kappa shape index (κ1) is 19.1. The number of thiazole rings is 1. The van der Waals surface area contributed by atoms with Gasteiger partial charge in [-0.2, -0.15) is 0 Å². The van der Waals surface area contributed by atoms with E-state index in [-0.39, 0.29) is 19.1 Å². The van der Waals surface area contributed by atoms with Crippen LogP contribution in [0.25, 0.3) is 11.1 Å². The van der Waals surface area contributed by atoms with Gasteiger partial charge in [-0.15, -0.1) is 11.3 Å². The van der Waals surface area contributed by atoms with Crippen molar-refractivity contribution in [1.29, 1.82) is 0 Å². The third-order valence-electron chi connectivity index (χ3n) is 5.14. The molecule has 4 rings (SSSR count). The Labute approximate surface area is 172 Å². The van der Waals surface area contributed by atoms with Crippen LogP contribution in [0.4, 0.5) is 4.79 Å². The van der Waals surface area contributed by atoms with Crippen molar-refractivity contribution < 1.29 is 19.4 Å². The lowest BCUT2D eigenvalue weighted by Gasteiger charge is -2.26. The molecular formula is C22H20N2O4S. The number of likely N-dealkylation sites (N-methyl/N-ethyl adjacent to an activating group) is 1. The zero-order chi connectivity index (χ0) is 20.4. The fourth-order valence-corrected chi connectivity index (χ4v) is 4.58. The predicted octanol–water partition coefficient (Wildman–Crippen LogP) is 4.54. The molecule has 0 radical (unpaired) electrons. The number of rotatable bonds is 6. The minimum Gasteiger partial charge on any atom is -0.479 e. The average molecular weight is 408 g/mol. The zero-order valence-electron chi connectivity index (χ0n) is 15.8. The van der Waals surface area contributed by atoms with Gasteiger partial charge in [0.05, 0.1) is 0 Å². The molecule has 0 fully saturated rings. The van der Waals surface area contributed by atoms with Crippen LogP contribution in [-0.2, 0) is 9.53 Å². The second-order valence-corrected chi connectivity index (χ2v) is 7.63. The summed E-state index contributed by atoms with van der Waals surface area (Å²) in [5, 5.41) is 11.7. The largest absolute Gasteiger partial charge is 0.479 e. The maximum Gasteiger partial charge on any atom is 0.410 e. The van der Waals surface area contributed by atoms with Gasteiger partial charge in [0.1, 0.15) is 11.6 Å². The lowest BCUT2D eigenvalue weighted by Crippen LogP contribution is -2.39. The Bertz CT molecular complexity index is 989. The highest BCUT2D eigenvalue weighted by molar-refractivity contribution is 7.09. The molecule has 1 atom stereocenters. The summed E-state index contributed by atoms with van der Waals surface area (Å²) >= 11 is 1.20. The summed E-state index contributed by atoms with van der Waals surface area (Å²) in [5.41, 5.74) is 4.50. The molecule has 1 unspecified atom stereocenters. The van der Waals surface area contributed by atoms with Crippen LogP contribution in [0, 0.1) is 0 Å². The van der Waals surface area contributed by atoms with Gasteiger partial charge in [0.25, 0.3) is 0 Å². The van der Waals surface area contributed by atoms with E-state index in [9.17, 15) is 14.7 Å². The Hall–Kier alpha value is -3.19. The molecule has 0 spiro atoms. The minimum atomic E-state index is -1.16. The smallest absolute Gasteiger partial charge is 0.410 e. The normalized spacial score (nSPS) is 13.4. The van der Waals surface area contributed by atoms with Crippen molar-refractivity contribution in [2.75, 3.05) is 13.2 Å². The van der Waals surface area contributed by atoms with Crippen molar-refractivity contribution in [1.82, 2.24) is 9.88 Å². The molecule has 1 aliphatic rings. The Morgan fingerprint density at radius 3 is 2.28 bits per heavy atom. The van der Waals surface area contributed by atoms with Crippen molar-refractivity contribution in [2.45, 2.75) is 18.9 Å². The summed E-state index contributed by atoms with van der Waals surface area (Å²) in [6.45, 7) is 2.08. The number of ether oxygens (including phenoxy) is 1. The molecule has 2 aromatic carbocycles. The van der Waals surface area contributed by atoms with Crippen molar-refractivity contribution in [3.05, 3.63) is 76.2 Å². The van der Waals surface area contributed by atoms with E-state index in [2.05, 4.69) is 17.1 Å². The fourth-order valence-electron chi connectivity index (χ4n) is 3.84. The lowest BCUT2D eigenvalue weighted by atomic mass is 9.98. The number of hydrogen-bond acceptors (Lipinski definition) is 5. The standard InChI is InChI=1S/C22H20N2O4S/c1-2-24(19(21(25)26)20-23-11-12-29-20)22(27)28-13-18-16-9-5-3-7-14(16)15-8-4-6-10-17(15)18/h3-12,18-19H,2,13H2,1H3,(H,25,26). The van der Waals surface area contributed by atoms with Gasteiger partial charge in [-0.3, -0.25) is 4.90 Å². The first-order valence-electron chi connectivity index (χ1n) is 9.35. The van der Waals surface area contributed by atoms with E-state index < -0.39 is 18.1 Å². The van der Waals surface area contributed by atoms with Gasteiger partial charge in [0.15, 0.2) is 6.04 Å². The molecule has 0 saturated carbocycles. The molecule has 6 nitrogen and oxygen atoms in total. The monoisotopic (exact) mass is 408 g/mol. The highest BCUT2D eigenvalue weighted by Crippen LogP contribution is 2.44. The van der Waals surface area contributed by atoms with Crippen LogP contribution in [0.2, 0.25) is 0 Å². The van der Waals surface area contributed by atoms with Crippen LogP contribution in [0.5, 0.6) is 0 Å². The fraction of sp³-hybridized carbons (Fsp3) is 0.227. The van der Waals surface area contributed by atoms with E-state index >= 15 is 0 Å². The van der Waals surface area contributed by atoms with Crippen LogP contribution in [0.3, 0.4) is 0 Å². The van der Waals surface area contributed by atoms with Crippen molar-refractivity contribution >= 4 is 23.4 Å². The third kappa shape index (κ3) is 3.49. The number of aliphatic carboxylic acids is 1. The molecule has 1 aromatic heterocycles. The highest BCUT2D eigenvalue weighted by atomic mass is 32.1. The van der Waals surface area contributed by atoms with Gasteiger partial charge in [-0.05, 0) is 29.2 Å². The summed E-state index contributed by atoms with van der Waals surface area (Å²) in [7, 11) is 0. The Kier molecular flexibility index (Phi) is 5.31. The Morgan fingerprint density at radius 2 is 1.76 bits per heavy atom. The van der Waals surface area contributed by atoms with E-state index in [0.717, 1.165) is 22.3 Å². The molecule has 0 bridgehead atoms. The van der Waals surface area contributed by atoms with E-state index in [4.69, 9.17) is 4.74 Å². The van der Waals surface area contributed by atoms with E-state index in [0.29, 0.717) is 5.01 Å². The molecule has 7 heteroatoms. The summed E-state index contributed by atoms with van der Waals surface area (Å²) in [6.07, 6.45) is 0.874. The highest BCUT2D eigenvalue weighted by Gasteiger charge is 2.35. The number of aromatic nitrogens is 1. The predicted molar refractivity (Wildman–Crippen MR) is 110 cm³/mol. The van der Waals surface area contributed by atoms with E-state index in [1.807, 2.05) is 36.4 Å². The quantitative estimate of drug-likeness (QED) is 0.648. The number of hydrogen-bond donors (Lipinski definition) is 1. The summed E-state index contributed by atoms with van der Waals surface area (Å²) in [4.78, 5) is 29.9. The SMILES string of the molecule is CCN(C(=O)OCC1c2ccccc2-c2ccccc21)C(C(=O)O)c1nccs1. The van der Waals surface area contributed by atoms with E-state index in [1.54, 1.807) is 12.3 Å². The van der Waals surface area contributed by atoms with Gasteiger partial charge in [0, 0.05) is 24.0 Å². The summed E-state index contributed by atoms with van der Waals surface area (Å²) < 4.78 is 5.62. The van der Waals surface area contributed by atoms with Crippen molar-refractivity contribution in [3.63, 3.8) is 0 Å². The van der Waals surface area contributed by atoms with Crippen LogP contribution in [0.15, 0.2) is 60.1 Å². The topological polar surface area (TPSA) is 79.7 Å². The summed E-state index contributed by atoms with van der Waals surface area (Å²) in [5.74, 6) is -1.21. The first-order chi connectivity index (χ1) is 14.1. The number of carboxylic acid groups (broad SMARTS) is 1. The van der Waals surface area contributed by atoms with Gasteiger partial charge < -0.3 is 9.84 Å². The molecule has 29 heavy (non-hydrogen) atoms. The average Bonchev–Trinajstić information content (AvgIpc) is 3.36. The molecule has 1 heterocycles. The molecule has 148 valence electrons.